The smallest absolute Gasteiger partial charge is 0.220 e. The number of nitrogens with one attached hydrogen (secondary N) is 1. The average Bonchev–Trinajstić information content (AvgIpc) is 2.26. The summed E-state index contributed by atoms with van der Waals surface area (Å²) in [6.07, 6.45) is 1.26. The van der Waals surface area contributed by atoms with Gasteiger partial charge in [-0.25, -0.2) is 0 Å². The number of carbonyl (C=O) groups excluding carboxylic acids is 1. The van der Waals surface area contributed by atoms with Gasteiger partial charge in [-0.1, -0.05) is 6.07 Å². The maximum atomic E-state index is 11.4. The number of rotatable bonds is 1. The molecule has 3 nitrogen and oxygen atoms in total. The van der Waals surface area contributed by atoms with Crippen LogP contribution < -0.4 is 11.1 Å². The van der Waals surface area contributed by atoms with E-state index in [1.807, 2.05) is 18.2 Å². The summed E-state index contributed by atoms with van der Waals surface area (Å²) in [6.45, 7) is 0. The van der Waals surface area contributed by atoms with E-state index in [0.29, 0.717) is 6.42 Å². The Labute approximate surface area is 111 Å². The monoisotopic (exact) mass is 346 g/mol. The van der Waals surface area contributed by atoms with Crippen LogP contribution in [0.3, 0.4) is 0 Å². The van der Waals surface area contributed by atoms with Crippen LogP contribution in [-0.2, 0) is 4.79 Å². The molecule has 1 amide bonds. The number of carbonyl (C=O) groups is 1. The van der Waals surface area contributed by atoms with E-state index in [9.17, 15) is 4.79 Å². The SMILES string of the molecule is NC1CCC(=O)NC1c1ccc(Br)c(Br)c1. The molecule has 1 aliphatic heterocycles. The molecule has 1 heterocycles. The lowest BCUT2D eigenvalue weighted by Gasteiger charge is -2.30. The first-order chi connectivity index (χ1) is 7.58. The minimum Gasteiger partial charge on any atom is -0.348 e. The zero-order valence-corrected chi connectivity index (χ0v) is 11.7. The molecule has 0 saturated carbocycles. The van der Waals surface area contributed by atoms with Gasteiger partial charge in [0.1, 0.15) is 0 Å². The van der Waals surface area contributed by atoms with Gasteiger partial charge in [-0.05, 0) is 56.0 Å². The van der Waals surface area contributed by atoms with Crippen LogP contribution in [-0.4, -0.2) is 11.9 Å². The summed E-state index contributed by atoms with van der Waals surface area (Å²) < 4.78 is 1.96. The molecule has 0 spiro atoms. The van der Waals surface area contributed by atoms with Crippen molar-refractivity contribution >= 4 is 37.8 Å². The fourth-order valence-electron chi connectivity index (χ4n) is 1.85. The van der Waals surface area contributed by atoms with Crippen molar-refractivity contribution in [3.63, 3.8) is 0 Å². The summed E-state index contributed by atoms with van der Waals surface area (Å²) in [5.74, 6) is 0.0748. The summed E-state index contributed by atoms with van der Waals surface area (Å²) >= 11 is 6.86. The maximum Gasteiger partial charge on any atom is 0.220 e. The second kappa shape index (κ2) is 4.85. The molecular formula is C11H12Br2N2O. The largest absolute Gasteiger partial charge is 0.348 e. The Bertz CT molecular complexity index is 422. The first kappa shape index (κ1) is 12.1. The van der Waals surface area contributed by atoms with Crippen molar-refractivity contribution in [3.05, 3.63) is 32.7 Å². The van der Waals surface area contributed by atoms with Gasteiger partial charge in [0.2, 0.25) is 5.91 Å². The lowest BCUT2D eigenvalue weighted by molar-refractivity contribution is -0.123. The molecule has 1 aliphatic rings. The Balaban J connectivity index is 2.28. The van der Waals surface area contributed by atoms with Gasteiger partial charge in [0.15, 0.2) is 0 Å². The van der Waals surface area contributed by atoms with Gasteiger partial charge < -0.3 is 11.1 Å². The summed E-state index contributed by atoms with van der Waals surface area (Å²) in [6, 6.07) is 5.83. The molecule has 86 valence electrons. The van der Waals surface area contributed by atoms with Crippen LogP contribution >= 0.6 is 31.9 Å². The Hall–Kier alpha value is -0.390. The lowest BCUT2D eigenvalue weighted by Crippen LogP contribution is -2.45. The minimum absolute atomic E-state index is 0.00854. The molecular weight excluding hydrogens is 336 g/mol. The van der Waals surface area contributed by atoms with Crippen molar-refractivity contribution in [3.8, 4) is 0 Å². The average molecular weight is 348 g/mol. The summed E-state index contributed by atoms with van der Waals surface area (Å²) in [4.78, 5) is 11.4. The van der Waals surface area contributed by atoms with Crippen molar-refractivity contribution in [2.45, 2.75) is 24.9 Å². The Kier molecular flexibility index (Phi) is 3.66. The Morgan fingerprint density at radius 1 is 1.31 bits per heavy atom. The van der Waals surface area contributed by atoms with Gasteiger partial charge in [-0.2, -0.15) is 0 Å². The molecule has 1 saturated heterocycles. The third-order valence-electron chi connectivity index (χ3n) is 2.75. The van der Waals surface area contributed by atoms with Crippen molar-refractivity contribution in [1.82, 2.24) is 5.32 Å². The maximum absolute atomic E-state index is 11.4. The van der Waals surface area contributed by atoms with Gasteiger partial charge in [0, 0.05) is 21.4 Å². The number of nitrogens with two attached hydrogens (primary N) is 1. The van der Waals surface area contributed by atoms with Gasteiger partial charge >= 0.3 is 0 Å². The number of halogens is 2. The molecule has 0 bridgehead atoms. The van der Waals surface area contributed by atoms with Crippen LogP contribution in [0.1, 0.15) is 24.4 Å². The number of piperidine rings is 1. The highest BCUT2D eigenvalue weighted by atomic mass is 79.9. The molecule has 1 aromatic rings. The summed E-state index contributed by atoms with van der Waals surface area (Å²) in [7, 11) is 0. The first-order valence-corrected chi connectivity index (χ1v) is 6.66. The highest BCUT2D eigenvalue weighted by Gasteiger charge is 2.27. The van der Waals surface area contributed by atoms with E-state index in [2.05, 4.69) is 37.2 Å². The van der Waals surface area contributed by atoms with Crippen molar-refractivity contribution < 1.29 is 4.79 Å². The molecule has 2 rings (SSSR count). The molecule has 1 aromatic carbocycles. The zero-order valence-electron chi connectivity index (χ0n) is 8.54. The fourth-order valence-corrected chi connectivity index (χ4v) is 2.50. The number of hydrogen-bond acceptors (Lipinski definition) is 2. The zero-order chi connectivity index (χ0) is 11.7. The molecule has 2 atom stereocenters. The topological polar surface area (TPSA) is 55.1 Å². The quantitative estimate of drug-likeness (QED) is 0.820. The standard InChI is InChI=1S/C11H12Br2N2O/c12-7-2-1-6(5-8(7)13)11-9(14)3-4-10(16)15-11/h1-2,5,9,11H,3-4,14H2,(H,15,16). The Morgan fingerprint density at radius 3 is 2.75 bits per heavy atom. The van der Waals surface area contributed by atoms with Crippen LogP contribution in [0.15, 0.2) is 27.1 Å². The minimum atomic E-state index is -0.0781. The van der Waals surface area contributed by atoms with Crippen molar-refractivity contribution in [2.75, 3.05) is 0 Å². The van der Waals surface area contributed by atoms with Crippen LogP contribution in [0.2, 0.25) is 0 Å². The molecule has 0 aromatic heterocycles. The van der Waals surface area contributed by atoms with E-state index in [1.54, 1.807) is 0 Å². The van der Waals surface area contributed by atoms with E-state index in [0.717, 1.165) is 20.9 Å². The highest BCUT2D eigenvalue weighted by molar-refractivity contribution is 9.13. The molecule has 2 unspecified atom stereocenters. The number of benzene rings is 1. The predicted octanol–water partition coefficient (Wildman–Crippen LogP) is 2.49. The van der Waals surface area contributed by atoms with Crippen LogP contribution in [0, 0.1) is 0 Å². The van der Waals surface area contributed by atoms with E-state index < -0.39 is 0 Å². The number of hydrogen-bond donors (Lipinski definition) is 2. The molecule has 5 heteroatoms. The van der Waals surface area contributed by atoms with E-state index in [4.69, 9.17) is 5.73 Å². The Morgan fingerprint density at radius 2 is 2.06 bits per heavy atom. The summed E-state index contributed by atoms with van der Waals surface area (Å²) in [5.41, 5.74) is 7.06. The molecule has 3 N–H and O–H groups in total. The third kappa shape index (κ3) is 2.47. The van der Waals surface area contributed by atoms with Crippen LogP contribution in [0.5, 0.6) is 0 Å². The fraction of sp³-hybridized carbons (Fsp3) is 0.364. The summed E-state index contributed by atoms with van der Waals surface area (Å²) in [5, 5.41) is 2.93. The van der Waals surface area contributed by atoms with Gasteiger partial charge in [0.05, 0.1) is 6.04 Å². The second-order valence-electron chi connectivity index (χ2n) is 3.92. The van der Waals surface area contributed by atoms with Gasteiger partial charge in [-0.3, -0.25) is 4.79 Å². The molecule has 0 radical (unpaired) electrons. The molecule has 1 fully saturated rings. The van der Waals surface area contributed by atoms with Crippen LogP contribution in [0.4, 0.5) is 0 Å². The van der Waals surface area contributed by atoms with Crippen molar-refractivity contribution in [1.29, 1.82) is 0 Å². The molecule has 0 aliphatic carbocycles. The number of amides is 1. The lowest BCUT2D eigenvalue weighted by atomic mass is 9.93. The highest BCUT2D eigenvalue weighted by Crippen LogP contribution is 2.29. The molecule has 16 heavy (non-hydrogen) atoms. The van der Waals surface area contributed by atoms with Crippen molar-refractivity contribution in [2.24, 2.45) is 5.73 Å². The third-order valence-corrected chi connectivity index (χ3v) is 4.63. The normalized spacial score (nSPS) is 25.3. The van der Waals surface area contributed by atoms with E-state index >= 15 is 0 Å². The van der Waals surface area contributed by atoms with E-state index in [1.165, 1.54) is 0 Å². The van der Waals surface area contributed by atoms with Gasteiger partial charge in [0.25, 0.3) is 0 Å². The van der Waals surface area contributed by atoms with Crippen LogP contribution in [0.25, 0.3) is 0 Å². The predicted molar refractivity (Wildman–Crippen MR) is 69.9 cm³/mol. The first-order valence-electron chi connectivity index (χ1n) is 5.08. The second-order valence-corrected chi connectivity index (χ2v) is 5.63. The van der Waals surface area contributed by atoms with E-state index in [-0.39, 0.29) is 18.0 Å². The van der Waals surface area contributed by atoms with Gasteiger partial charge in [-0.15, -0.1) is 0 Å².